The predicted octanol–water partition coefficient (Wildman–Crippen LogP) is 1.61. The van der Waals surface area contributed by atoms with Crippen molar-refractivity contribution in [2.45, 2.75) is 45.1 Å². The number of nitrogens with two attached hydrogens (primary N) is 1. The molecule has 2 rings (SSSR count). The highest BCUT2D eigenvalue weighted by molar-refractivity contribution is 5.75. The zero-order valence-electron chi connectivity index (χ0n) is 8.70. The van der Waals surface area contributed by atoms with Gasteiger partial charge in [0.15, 0.2) is 0 Å². The molecule has 2 saturated carbocycles. The van der Waals surface area contributed by atoms with Crippen LogP contribution in [0.25, 0.3) is 0 Å². The van der Waals surface area contributed by atoms with Crippen molar-refractivity contribution in [3.8, 4) is 0 Å². The topological polar surface area (TPSA) is 63.3 Å². The van der Waals surface area contributed by atoms with Crippen LogP contribution in [0.1, 0.15) is 39.0 Å². The van der Waals surface area contributed by atoms with Crippen LogP contribution in [0.15, 0.2) is 0 Å². The SMILES string of the molecule is CC1CC1C1(C(=O)O)CCC(N)CC1. The molecule has 3 N–H and O–H groups in total. The normalized spacial score (nSPS) is 47.4. The maximum atomic E-state index is 11.4. The maximum absolute atomic E-state index is 11.4. The molecule has 2 atom stereocenters. The van der Waals surface area contributed by atoms with Gasteiger partial charge < -0.3 is 10.8 Å². The van der Waals surface area contributed by atoms with E-state index in [2.05, 4.69) is 6.92 Å². The first-order valence-corrected chi connectivity index (χ1v) is 5.55. The minimum absolute atomic E-state index is 0.233. The first kappa shape index (κ1) is 9.97. The molecule has 2 fully saturated rings. The number of carboxylic acid groups (broad SMARTS) is 1. The molecule has 3 nitrogen and oxygen atoms in total. The molecule has 0 saturated heterocycles. The fraction of sp³-hybridized carbons (Fsp3) is 0.909. The van der Waals surface area contributed by atoms with Gasteiger partial charge in [0.25, 0.3) is 0 Å². The molecule has 0 heterocycles. The van der Waals surface area contributed by atoms with Crippen LogP contribution in [-0.2, 0) is 4.79 Å². The molecule has 0 spiro atoms. The van der Waals surface area contributed by atoms with Crippen molar-refractivity contribution in [2.24, 2.45) is 23.0 Å². The van der Waals surface area contributed by atoms with E-state index in [9.17, 15) is 9.90 Å². The maximum Gasteiger partial charge on any atom is 0.309 e. The molecule has 3 heteroatoms. The number of carboxylic acids is 1. The highest BCUT2D eigenvalue weighted by Crippen LogP contribution is 2.57. The Kier molecular flexibility index (Phi) is 2.30. The summed E-state index contributed by atoms with van der Waals surface area (Å²) in [5, 5.41) is 9.36. The average Bonchev–Trinajstić information content (AvgIpc) is 2.84. The van der Waals surface area contributed by atoms with E-state index < -0.39 is 11.4 Å². The van der Waals surface area contributed by atoms with Crippen LogP contribution in [0, 0.1) is 17.3 Å². The first-order chi connectivity index (χ1) is 6.56. The lowest BCUT2D eigenvalue weighted by molar-refractivity contribution is -0.153. The van der Waals surface area contributed by atoms with Crippen molar-refractivity contribution in [3.63, 3.8) is 0 Å². The van der Waals surface area contributed by atoms with Crippen LogP contribution in [0.5, 0.6) is 0 Å². The second-order valence-corrected chi connectivity index (χ2v) is 5.12. The van der Waals surface area contributed by atoms with Crippen molar-refractivity contribution in [3.05, 3.63) is 0 Å². The number of carbonyl (C=O) groups is 1. The van der Waals surface area contributed by atoms with E-state index in [-0.39, 0.29) is 6.04 Å². The molecule has 0 radical (unpaired) electrons. The lowest BCUT2D eigenvalue weighted by Gasteiger charge is -2.36. The van der Waals surface area contributed by atoms with Crippen LogP contribution in [0.2, 0.25) is 0 Å². The minimum atomic E-state index is -0.584. The summed E-state index contributed by atoms with van der Waals surface area (Å²) in [6, 6.07) is 0.233. The second kappa shape index (κ2) is 3.23. The second-order valence-electron chi connectivity index (χ2n) is 5.12. The summed E-state index contributed by atoms with van der Waals surface area (Å²) in [6.45, 7) is 2.16. The van der Waals surface area contributed by atoms with Crippen LogP contribution in [0.3, 0.4) is 0 Å². The van der Waals surface area contributed by atoms with E-state index >= 15 is 0 Å². The summed E-state index contributed by atoms with van der Waals surface area (Å²) in [6.07, 6.45) is 4.45. The Labute approximate surface area is 84.7 Å². The van der Waals surface area contributed by atoms with Gasteiger partial charge in [-0.1, -0.05) is 6.92 Å². The van der Waals surface area contributed by atoms with E-state index in [0.717, 1.165) is 32.1 Å². The Hall–Kier alpha value is -0.570. The summed E-state index contributed by atoms with van der Waals surface area (Å²) in [5.74, 6) is 0.451. The van der Waals surface area contributed by atoms with Gasteiger partial charge in [-0.3, -0.25) is 4.79 Å². The molecule has 2 unspecified atom stereocenters. The zero-order chi connectivity index (χ0) is 10.3. The molecule has 14 heavy (non-hydrogen) atoms. The summed E-state index contributed by atoms with van der Waals surface area (Å²) >= 11 is 0. The molecule has 0 amide bonds. The number of hydrogen-bond donors (Lipinski definition) is 2. The first-order valence-electron chi connectivity index (χ1n) is 5.55. The van der Waals surface area contributed by atoms with E-state index in [1.807, 2.05) is 0 Å². The van der Waals surface area contributed by atoms with Crippen molar-refractivity contribution < 1.29 is 9.90 Å². The third-order valence-electron chi connectivity index (χ3n) is 4.17. The summed E-state index contributed by atoms with van der Waals surface area (Å²) in [7, 11) is 0. The number of hydrogen-bond acceptors (Lipinski definition) is 2. The lowest BCUT2D eigenvalue weighted by Crippen LogP contribution is -2.41. The number of aliphatic carboxylic acids is 1. The lowest BCUT2D eigenvalue weighted by atomic mass is 9.69. The van der Waals surface area contributed by atoms with Gasteiger partial charge in [-0.25, -0.2) is 0 Å². The van der Waals surface area contributed by atoms with Gasteiger partial charge in [0.2, 0.25) is 0 Å². The van der Waals surface area contributed by atoms with Gasteiger partial charge in [0, 0.05) is 6.04 Å². The standard InChI is InChI=1S/C11H19NO2/c1-7-6-9(7)11(10(13)14)4-2-8(12)3-5-11/h7-9H,2-6,12H2,1H3,(H,13,14). The molecule has 0 aromatic carbocycles. The van der Waals surface area contributed by atoms with Gasteiger partial charge in [0.1, 0.15) is 0 Å². The smallest absolute Gasteiger partial charge is 0.309 e. The highest BCUT2D eigenvalue weighted by Gasteiger charge is 2.55. The third-order valence-corrected chi connectivity index (χ3v) is 4.17. The Morgan fingerprint density at radius 1 is 1.43 bits per heavy atom. The molecule has 2 aliphatic rings. The molecule has 0 bridgehead atoms. The van der Waals surface area contributed by atoms with Crippen molar-refractivity contribution >= 4 is 5.97 Å². The van der Waals surface area contributed by atoms with E-state index in [4.69, 9.17) is 5.73 Å². The van der Waals surface area contributed by atoms with Gasteiger partial charge in [-0.05, 0) is 43.9 Å². The van der Waals surface area contributed by atoms with Crippen LogP contribution < -0.4 is 5.73 Å². The van der Waals surface area contributed by atoms with Crippen LogP contribution in [0.4, 0.5) is 0 Å². The van der Waals surface area contributed by atoms with E-state index in [1.165, 1.54) is 0 Å². The molecule has 0 aromatic rings. The minimum Gasteiger partial charge on any atom is -0.481 e. The number of rotatable bonds is 2. The largest absolute Gasteiger partial charge is 0.481 e. The van der Waals surface area contributed by atoms with Crippen LogP contribution >= 0.6 is 0 Å². The molecule has 0 aliphatic heterocycles. The van der Waals surface area contributed by atoms with Crippen LogP contribution in [-0.4, -0.2) is 17.1 Å². The zero-order valence-corrected chi connectivity index (χ0v) is 8.70. The Bertz CT molecular complexity index is 244. The predicted molar refractivity (Wildman–Crippen MR) is 53.8 cm³/mol. The summed E-state index contributed by atoms with van der Waals surface area (Å²) < 4.78 is 0. The fourth-order valence-corrected chi connectivity index (χ4v) is 2.99. The highest BCUT2D eigenvalue weighted by atomic mass is 16.4. The van der Waals surface area contributed by atoms with Crippen molar-refractivity contribution in [1.29, 1.82) is 0 Å². The van der Waals surface area contributed by atoms with E-state index in [0.29, 0.717) is 11.8 Å². The Morgan fingerprint density at radius 2 is 1.93 bits per heavy atom. The van der Waals surface area contributed by atoms with Crippen molar-refractivity contribution in [1.82, 2.24) is 0 Å². The Balaban J connectivity index is 2.11. The van der Waals surface area contributed by atoms with Crippen molar-refractivity contribution in [2.75, 3.05) is 0 Å². The fourth-order valence-electron chi connectivity index (χ4n) is 2.99. The van der Waals surface area contributed by atoms with Gasteiger partial charge >= 0.3 is 5.97 Å². The molecular formula is C11H19NO2. The van der Waals surface area contributed by atoms with Gasteiger partial charge in [-0.2, -0.15) is 0 Å². The van der Waals surface area contributed by atoms with Gasteiger partial charge in [-0.15, -0.1) is 0 Å². The monoisotopic (exact) mass is 197 g/mol. The third kappa shape index (κ3) is 1.44. The summed E-state index contributed by atoms with van der Waals surface area (Å²) in [5.41, 5.74) is 5.40. The summed E-state index contributed by atoms with van der Waals surface area (Å²) in [4.78, 5) is 11.4. The average molecular weight is 197 g/mol. The van der Waals surface area contributed by atoms with E-state index in [1.54, 1.807) is 0 Å². The van der Waals surface area contributed by atoms with Gasteiger partial charge in [0.05, 0.1) is 5.41 Å². The molecular weight excluding hydrogens is 178 g/mol. The molecule has 80 valence electrons. The molecule has 2 aliphatic carbocycles. The molecule has 0 aromatic heterocycles. The quantitative estimate of drug-likeness (QED) is 0.707. The Morgan fingerprint density at radius 3 is 2.29 bits per heavy atom.